The summed E-state index contributed by atoms with van der Waals surface area (Å²) in [4.78, 5) is 34.7. The molecule has 2 aromatic heterocycles. The van der Waals surface area contributed by atoms with Crippen LogP contribution >= 0.6 is 11.6 Å². The number of ketones is 1. The number of halogens is 1. The first kappa shape index (κ1) is 25.3. The number of aromatic nitrogens is 3. The van der Waals surface area contributed by atoms with Gasteiger partial charge in [-0.1, -0.05) is 50.8 Å². The van der Waals surface area contributed by atoms with E-state index in [0.29, 0.717) is 34.2 Å². The van der Waals surface area contributed by atoms with Gasteiger partial charge < -0.3 is 10.3 Å². The predicted molar refractivity (Wildman–Crippen MR) is 152 cm³/mol. The monoisotopic (exact) mass is 516 g/mol. The molecule has 1 aliphatic heterocycles. The number of carbonyl (C=O) groups is 1. The number of anilines is 2. The van der Waals surface area contributed by atoms with Crippen molar-refractivity contribution in [3.8, 4) is 0 Å². The van der Waals surface area contributed by atoms with Crippen LogP contribution in [0.15, 0.2) is 46.5 Å². The van der Waals surface area contributed by atoms with Crippen LogP contribution in [-0.2, 0) is 0 Å². The Kier molecular flexibility index (Phi) is 7.51. The van der Waals surface area contributed by atoms with Gasteiger partial charge in [-0.05, 0) is 62.3 Å². The summed E-state index contributed by atoms with van der Waals surface area (Å²) in [5, 5.41) is 4.59. The molecule has 0 bridgehead atoms. The van der Waals surface area contributed by atoms with Crippen LogP contribution < -0.4 is 5.32 Å². The van der Waals surface area contributed by atoms with E-state index in [1.165, 1.54) is 19.3 Å². The zero-order valence-corrected chi connectivity index (χ0v) is 22.3. The van der Waals surface area contributed by atoms with Crippen molar-refractivity contribution in [1.82, 2.24) is 15.0 Å². The van der Waals surface area contributed by atoms with Crippen LogP contribution in [0, 0.1) is 11.8 Å². The van der Waals surface area contributed by atoms with Crippen LogP contribution in [0.4, 0.5) is 11.6 Å². The van der Waals surface area contributed by atoms with Gasteiger partial charge in [-0.2, -0.15) is 0 Å². The zero-order valence-electron chi connectivity index (χ0n) is 21.6. The third-order valence-electron chi connectivity index (χ3n) is 7.29. The lowest BCUT2D eigenvalue weighted by Gasteiger charge is -2.26. The van der Waals surface area contributed by atoms with Gasteiger partial charge in [0.05, 0.1) is 39.4 Å². The Bertz CT molecular complexity index is 1400. The largest absolute Gasteiger partial charge is 0.351 e. The quantitative estimate of drug-likeness (QED) is 0.252. The number of aromatic amines is 1. The van der Waals surface area contributed by atoms with Crippen molar-refractivity contribution in [2.75, 3.05) is 5.32 Å². The summed E-state index contributed by atoms with van der Waals surface area (Å²) < 4.78 is 0. The van der Waals surface area contributed by atoms with E-state index < -0.39 is 0 Å². The van der Waals surface area contributed by atoms with E-state index in [2.05, 4.69) is 45.2 Å². The standard InChI is InChI=1S/C29H33ClN6O/c1-4-19-6-5-7-21(12-19)33-18(3)28(37)26-14-20-13-22(15-23(30)27(20)35-26)34-29-31-11-10-25(36-29)24-9-8-17(2)16-32-24/h9-11,13-17,19,21,35H,4-8,12H2,1-3H3,(H,31,34,36). The summed E-state index contributed by atoms with van der Waals surface area (Å²) in [5.41, 5.74) is 4.11. The molecule has 8 heteroatoms. The van der Waals surface area contributed by atoms with E-state index >= 15 is 0 Å². The summed E-state index contributed by atoms with van der Waals surface area (Å²) >= 11 is 6.60. The lowest BCUT2D eigenvalue weighted by atomic mass is 9.84. The maximum Gasteiger partial charge on any atom is 0.227 e. The molecular formula is C29H33ClN6O. The molecule has 3 atom stereocenters. The van der Waals surface area contributed by atoms with Crippen LogP contribution in [0.5, 0.6) is 0 Å². The van der Waals surface area contributed by atoms with Gasteiger partial charge in [0.25, 0.3) is 0 Å². The minimum absolute atomic E-state index is 0.0907. The molecular weight excluding hydrogens is 484 g/mol. The van der Waals surface area contributed by atoms with Crippen molar-refractivity contribution in [3.05, 3.63) is 52.9 Å². The third-order valence-corrected chi connectivity index (χ3v) is 7.59. The molecule has 0 spiro atoms. The van der Waals surface area contributed by atoms with Gasteiger partial charge in [-0.3, -0.25) is 14.8 Å². The number of H-pyrrole nitrogens is 1. The number of Topliss-reactive ketones (excluding diaryl/α,β-unsaturated/α-hetero) is 1. The maximum atomic E-state index is 13.2. The molecule has 192 valence electrons. The van der Waals surface area contributed by atoms with Gasteiger partial charge in [0.15, 0.2) is 0 Å². The lowest BCUT2D eigenvalue weighted by Crippen LogP contribution is -2.21. The minimum atomic E-state index is -0.0907. The minimum Gasteiger partial charge on any atom is -0.351 e. The van der Waals surface area contributed by atoms with Gasteiger partial charge in [-0.15, -0.1) is 0 Å². The number of aliphatic imine (C=N–C) groups is 2. The highest BCUT2D eigenvalue weighted by atomic mass is 35.5. The molecule has 1 aliphatic carbocycles. The SMILES string of the molecule is CCC1CCCC(N=C(C)C(=O)c2cc3cc(Nc4nccc(C5=CCC(C)C=N5)n4)cc(Cl)c3[nH]2)C1. The second kappa shape index (κ2) is 11.0. The van der Waals surface area contributed by atoms with Gasteiger partial charge >= 0.3 is 0 Å². The average Bonchev–Trinajstić information content (AvgIpc) is 3.34. The second-order valence-corrected chi connectivity index (χ2v) is 10.6. The summed E-state index contributed by atoms with van der Waals surface area (Å²) in [5.74, 6) is 1.51. The molecule has 1 aromatic carbocycles. The van der Waals surface area contributed by atoms with Crippen LogP contribution in [0.1, 0.15) is 75.5 Å². The number of fused-ring (bicyclic) bond motifs is 1. The second-order valence-electron chi connectivity index (χ2n) is 10.2. The first-order valence-electron chi connectivity index (χ1n) is 13.2. The number of hydrogen-bond acceptors (Lipinski definition) is 6. The Morgan fingerprint density at radius 1 is 1.27 bits per heavy atom. The van der Waals surface area contributed by atoms with Crippen molar-refractivity contribution in [3.63, 3.8) is 0 Å². The lowest BCUT2D eigenvalue weighted by molar-refractivity contribution is 0.106. The Morgan fingerprint density at radius 2 is 2.14 bits per heavy atom. The van der Waals surface area contributed by atoms with Crippen molar-refractivity contribution < 1.29 is 4.79 Å². The first-order chi connectivity index (χ1) is 17.9. The van der Waals surface area contributed by atoms with Gasteiger partial charge in [0.1, 0.15) is 0 Å². The fraction of sp³-hybridized carbons (Fsp3) is 0.414. The van der Waals surface area contributed by atoms with Gasteiger partial charge in [0.2, 0.25) is 11.7 Å². The van der Waals surface area contributed by atoms with Crippen LogP contribution in [-0.4, -0.2) is 38.7 Å². The Hall–Kier alpha value is -3.32. The molecule has 1 saturated carbocycles. The third kappa shape index (κ3) is 5.82. The van der Waals surface area contributed by atoms with Crippen molar-refractivity contribution >= 4 is 57.5 Å². The van der Waals surface area contributed by atoms with Gasteiger partial charge in [0, 0.05) is 23.5 Å². The van der Waals surface area contributed by atoms with Crippen LogP contribution in [0.2, 0.25) is 5.02 Å². The molecule has 0 radical (unpaired) electrons. The fourth-order valence-electron chi connectivity index (χ4n) is 5.15. The molecule has 2 N–H and O–H groups in total. The van der Waals surface area contributed by atoms with E-state index in [0.717, 1.165) is 47.2 Å². The van der Waals surface area contributed by atoms with E-state index in [1.54, 1.807) is 12.3 Å². The molecule has 0 saturated heterocycles. The Balaban J connectivity index is 1.34. The summed E-state index contributed by atoms with van der Waals surface area (Å²) in [6, 6.07) is 7.66. The molecule has 2 aliphatic rings. The molecule has 3 unspecified atom stereocenters. The van der Waals surface area contributed by atoms with Gasteiger partial charge in [-0.25, -0.2) is 9.97 Å². The summed E-state index contributed by atoms with van der Waals surface area (Å²) in [7, 11) is 0. The molecule has 7 nitrogen and oxygen atoms in total. The highest BCUT2D eigenvalue weighted by molar-refractivity contribution is 6.45. The number of hydrogen-bond donors (Lipinski definition) is 2. The number of carbonyl (C=O) groups excluding carboxylic acids is 1. The van der Waals surface area contributed by atoms with Crippen LogP contribution in [0.25, 0.3) is 16.6 Å². The van der Waals surface area contributed by atoms with Crippen LogP contribution in [0.3, 0.4) is 0 Å². The maximum absolute atomic E-state index is 13.2. The predicted octanol–water partition coefficient (Wildman–Crippen LogP) is 7.42. The van der Waals surface area contributed by atoms with Crippen molar-refractivity contribution in [2.24, 2.45) is 21.8 Å². The number of allylic oxidation sites excluding steroid dienone is 1. The number of nitrogens with one attached hydrogen (secondary N) is 2. The van der Waals surface area contributed by atoms with Crippen molar-refractivity contribution in [1.29, 1.82) is 0 Å². The van der Waals surface area contributed by atoms with E-state index in [-0.39, 0.29) is 11.8 Å². The molecule has 1 fully saturated rings. The molecule has 3 heterocycles. The molecule has 5 rings (SSSR count). The zero-order chi connectivity index (χ0) is 25.9. The number of rotatable bonds is 7. The summed E-state index contributed by atoms with van der Waals surface area (Å²) in [6.07, 6.45) is 12.5. The molecule has 3 aromatic rings. The van der Waals surface area contributed by atoms with E-state index in [4.69, 9.17) is 16.6 Å². The number of benzene rings is 1. The van der Waals surface area contributed by atoms with E-state index in [9.17, 15) is 4.79 Å². The average molecular weight is 517 g/mol. The molecule has 37 heavy (non-hydrogen) atoms. The highest BCUT2D eigenvalue weighted by Gasteiger charge is 2.22. The normalized spacial score (nSPS) is 22.2. The summed E-state index contributed by atoms with van der Waals surface area (Å²) in [6.45, 7) is 6.18. The Labute approximate surface area is 222 Å². The fourth-order valence-corrected chi connectivity index (χ4v) is 5.43. The topological polar surface area (TPSA) is 95.4 Å². The van der Waals surface area contributed by atoms with Crippen molar-refractivity contribution in [2.45, 2.75) is 65.3 Å². The Morgan fingerprint density at radius 3 is 2.92 bits per heavy atom. The molecule has 0 amide bonds. The van der Waals surface area contributed by atoms with E-state index in [1.807, 2.05) is 31.3 Å². The number of nitrogens with zero attached hydrogens (tertiary/aromatic N) is 4. The first-order valence-corrected chi connectivity index (χ1v) is 13.5. The highest BCUT2D eigenvalue weighted by Crippen LogP contribution is 2.31. The smallest absolute Gasteiger partial charge is 0.227 e.